The highest BCUT2D eigenvalue weighted by Crippen LogP contribution is 2.29. The lowest BCUT2D eigenvalue weighted by Crippen LogP contribution is -2.52. The number of benzene rings is 1. The lowest BCUT2D eigenvalue weighted by atomic mass is 9.93. The fourth-order valence-electron chi connectivity index (χ4n) is 4.15. The molecule has 2 aliphatic rings. The standard InChI is InChI=1S/C21H26N6O/c1-25-20-4-2-3-19(18(20)14-23-25)24-21(28)27-11-9-26(10-12-27)15-17-7-5-16(13-22)6-8-17/h5-8,14,19H,2-4,9-12,15H2,1H3,(H,24,28). The average Bonchev–Trinajstić information content (AvgIpc) is 3.11. The van der Waals surface area contributed by atoms with E-state index < -0.39 is 0 Å². The van der Waals surface area contributed by atoms with E-state index in [0.717, 1.165) is 52.0 Å². The van der Waals surface area contributed by atoms with Gasteiger partial charge in [0.15, 0.2) is 0 Å². The number of rotatable bonds is 3. The van der Waals surface area contributed by atoms with Crippen LogP contribution in [0.5, 0.6) is 0 Å². The normalized spacial score (nSPS) is 19.7. The lowest BCUT2D eigenvalue weighted by molar-refractivity contribution is 0.132. The van der Waals surface area contributed by atoms with Gasteiger partial charge in [-0.15, -0.1) is 0 Å². The predicted octanol–water partition coefficient (Wildman–Crippen LogP) is 2.20. The Morgan fingerprint density at radius 1 is 1.25 bits per heavy atom. The third-order valence-corrected chi connectivity index (χ3v) is 5.82. The molecule has 1 fully saturated rings. The minimum Gasteiger partial charge on any atom is -0.331 e. The van der Waals surface area contributed by atoms with Crippen LogP contribution in [0.1, 0.15) is 41.3 Å². The van der Waals surface area contributed by atoms with Crippen molar-refractivity contribution >= 4 is 6.03 Å². The summed E-state index contributed by atoms with van der Waals surface area (Å²) in [4.78, 5) is 17.0. The number of aryl methyl sites for hydroxylation is 1. The summed E-state index contributed by atoms with van der Waals surface area (Å²) in [6.45, 7) is 4.03. The summed E-state index contributed by atoms with van der Waals surface area (Å²) in [6, 6.07) is 9.97. The number of nitrogens with one attached hydrogen (secondary N) is 1. The first kappa shape index (κ1) is 18.5. The van der Waals surface area contributed by atoms with Crippen molar-refractivity contribution < 1.29 is 4.79 Å². The third kappa shape index (κ3) is 3.87. The second-order valence-corrected chi connectivity index (χ2v) is 7.64. The molecule has 1 aliphatic carbocycles. The molecule has 0 spiro atoms. The van der Waals surface area contributed by atoms with E-state index in [9.17, 15) is 4.79 Å². The average molecular weight is 378 g/mol. The maximum absolute atomic E-state index is 12.8. The molecule has 7 nitrogen and oxygen atoms in total. The first-order chi connectivity index (χ1) is 13.6. The summed E-state index contributed by atoms with van der Waals surface area (Å²) in [5.41, 5.74) is 4.29. The number of fused-ring (bicyclic) bond motifs is 1. The molecule has 1 aromatic carbocycles. The molecule has 0 radical (unpaired) electrons. The summed E-state index contributed by atoms with van der Waals surface area (Å²) in [6.07, 6.45) is 4.99. The van der Waals surface area contributed by atoms with Crippen LogP contribution in [-0.4, -0.2) is 51.8 Å². The zero-order valence-electron chi connectivity index (χ0n) is 16.3. The molecule has 0 bridgehead atoms. The van der Waals surface area contributed by atoms with E-state index in [2.05, 4.69) is 21.4 Å². The molecule has 146 valence electrons. The van der Waals surface area contributed by atoms with Crippen molar-refractivity contribution in [2.45, 2.75) is 31.8 Å². The van der Waals surface area contributed by atoms with Gasteiger partial charge in [-0.1, -0.05) is 12.1 Å². The highest BCUT2D eigenvalue weighted by atomic mass is 16.2. The second kappa shape index (κ2) is 8.03. The van der Waals surface area contributed by atoms with Crippen molar-refractivity contribution in [3.05, 3.63) is 52.8 Å². The van der Waals surface area contributed by atoms with E-state index in [4.69, 9.17) is 5.26 Å². The Morgan fingerprint density at radius 2 is 2.00 bits per heavy atom. The minimum atomic E-state index is 0.0275. The van der Waals surface area contributed by atoms with E-state index in [1.807, 2.05) is 47.1 Å². The molecular weight excluding hydrogens is 352 g/mol. The number of nitriles is 1. The molecule has 1 saturated heterocycles. The Kier molecular flexibility index (Phi) is 5.31. The number of hydrogen-bond donors (Lipinski definition) is 1. The summed E-state index contributed by atoms with van der Waals surface area (Å²) in [5, 5.41) is 16.5. The van der Waals surface area contributed by atoms with Crippen molar-refractivity contribution in [1.29, 1.82) is 5.26 Å². The molecule has 2 aromatic rings. The maximum atomic E-state index is 12.8. The molecular formula is C21H26N6O. The van der Waals surface area contributed by atoms with Crippen LogP contribution in [0.3, 0.4) is 0 Å². The van der Waals surface area contributed by atoms with Crippen molar-refractivity contribution in [3.8, 4) is 6.07 Å². The quantitative estimate of drug-likeness (QED) is 0.888. The number of hydrogen-bond acceptors (Lipinski definition) is 4. The number of carbonyl (C=O) groups is 1. The van der Waals surface area contributed by atoms with Gasteiger partial charge < -0.3 is 10.2 Å². The number of carbonyl (C=O) groups excluding carboxylic acids is 1. The number of amides is 2. The molecule has 1 unspecified atom stereocenters. The van der Waals surface area contributed by atoms with Crippen LogP contribution in [0.4, 0.5) is 4.79 Å². The van der Waals surface area contributed by atoms with Crippen molar-refractivity contribution in [1.82, 2.24) is 24.9 Å². The zero-order chi connectivity index (χ0) is 19.5. The second-order valence-electron chi connectivity index (χ2n) is 7.64. The Morgan fingerprint density at radius 3 is 2.71 bits per heavy atom. The van der Waals surface area contributed by atoms with Gasteiger partial charge in [0, 0.05) is 51.0 Å². The number of nitrogens with zero attached hydrogens (tertiary/aromatic N) is 5. The molecule has 2 heterocycles. The van der Waals surface area contributed by atoms with Crippen molar-refractivity contribution in [2.24, 2.45) is 7.05 Å². The van der Waals surface area contributed by atoms with Crippen LogP contribution in [0.2, 0.25) is 0 Å². The topological polar surface area (TPSA) is 77.2 Å². The molecule has 1 atom stereocenters. The van der Waals surface area contributed by atoms with E-state index in [0.29, 0.717) is 5.56 Å². The molecule has 7 heteroatoms. The van der Waals surface area contributed by atoms with Gasteiger partial charge in [-0.25, -0.2) is 4.79 Å². The van der Waals surface area contributed by atoms with Crippen LogP contribution in [0.15, 0.2) is 30.5 Å². The molecule has 2 amide bonds. The smallest absolute Gasteiger partial charge is 0.317 e. The third-order valence-electron chi connectivity index (χ3n) is 5.82. The summed E-state index contributed by atoms with van der Waals surface area (Å²) < 4.78 is 1.93. The number of aromatic nitrogens is 2. The molecule has 4 rings (SSSR count). The van der Waals surface area contributed by atoms with Crippen molar-refractivity contribution in [3.63, 3.8) is 0 Å². The van der Waals surface area contributed by atoms with Gasteiger partial charge in [-0.3, -0.25) is 9.58 Å². The van der Waals surface area contributed by atoms with Gasteiger partial charge in [0.05, 0.1) is 23.9 Å². The highest BCUT2D eigenvalue weighted by Gasteiger charge is 2.28. The first-order valence-electron chi connectivity index (χ1n) is 9.91. The Bertz CT molecular complexity index is 873. The molecule has 0 saturated carbocycles. The van der Waals surface area contributed by atoms with E-state index in [1.54, 1.807) is 0 Å². The van der Waals surface area contributed by atoms with Crippen LogP contribution in [-0.2, 0) is 20.0 Å². The highest BCUT2D eigenvalue weighted by molar-refractivity contribution is 5.75. The van der Waals surface area contributed by atoms with E-state index >= 15 is 0 Å². The summed E-state index contributed by atoms with van der Waals surface area (Å²) in [7, 11) is 1.97. The monoisotopic (exact) mass is 378 g/mol. The van der Waals surface area contributed by atoms with Crippen LogP contribution < -0.4 is 5.32 Å². The van der Waals surface area contributed by atoms with Gasteiger partial charge in [0.2, 0.25) is 0 Å². The van der Waals surface area contributed by atoms with Gasteiger partial charge in [-0.05, 0) is 37.0 Å². The summed E-state index contributed by atoms with van der Waals surface area (Å²) in [5.74, 6) is 0. The number of urea groups is 1. The van der Waals surface area contributed by atoms with Gasteiger partial charge in [0.25, 0.3) is 0 Å². The fourth-order valence-corrected chi connectivity index (χ4v) is 4.15. The Hall–Kier alpha value is -2.85. The van der Waals surface area contributed by atoms with Gasteiger partial charge in [0.1, 0.15) is 0 Å². The molecule has 1 aliphatic heterocycles. The minimum absolute atomic E-state index is 0.0275. The fraction of sp³-hybridized carbons (Fsp3) is 0.476. The summed E-state index contributed by atoms with van der Waals surface area (Å²) >= 11 is 0. The van der Waals surface area contributed by atoms with Crippen LogP contribution >= 0.6 is 0 Å². The lowest BCUT2D eigenvalue weighted by Gasteiger charge is -2.36. The van der Waals surface area contributed by atoms with Crippen LogP contribution in [0, 0.1) is 11.3 Å². The SMILES string of the molecule is Cn1ncc2c1CCCC2NC(=O)N1CCN(Cc2ccc(C#N)cc2)CC1. The van der Waals surface area contributed by atoms with Crippen molar-refractivity contribution in [2.75, 3.05) is 26.2 Å². The molecule has 1 N–H and O–H groups in total. The molecule has 1 aromatic heterocycles. The first-order valence-corrected chi connectivity index (χ1v) is 9.91. The zero-order valence-corrected chi connectivity index (χ0v) is 16.3. The van der Waals surface area contributed by atoms with E-state index in [-0.39, 0.29) is 12.1 Å². The van der Waals surface area contributed by atoms with Crippen LogP contribution in [0.25, 0.3) is 0 Å². The maximum Gasteiger partial charge on any atom is 0.317 e. The van der Waals surface area contributed by atoms with E-state index in [1.165, 1.54) is 16.8 Å². The largest absolute Gasteiger partial charge is 0.331 e. The Labute approximate surface area is 165 Å². The Balaban J connectivity index is 1.29. The predicted molar refractivity (Wildman–Crippen MR) is 105 cm³/mol. The molecule has 28 heavy (non-hydrogen) atoms. The van der Waals surface area contributed by atoms with Gasteiger partial charge >= 0.3 is 6.03 Å². The number of piperazine rings is 1. The van der Waals surface area contributed by atoms with Gasteiger partial charge in [-0.2, -0.15) is 10.4 Å².